The van der Waals surface area contributed by atoms with Crippen molar-refractivity contribution in [2.24, 2.45) is 0 Å². The van der Waals surface area contributed by atoms with E-state index in [0.29, 0.717) is 16.4 Å². The number of nitrogen functional groups attached to an aromatic ring is 1. The highest BCUT2D eigenvalue weighted by Crippen LogP contribution is 2.20. The van der Waals surface area contributed by atoms with Crippen molar-refractivity contribution in [2.75, 3.05) is 5.73 Å². The summed E-state index contributed by atoms with van der Waals surface area (Å²) < 4.78 is 0. The predicted molar refractivity (Wildman–Crippen MR) is 72.9 cm³/mol. The van der Waals surface area contributed by atoms with Gasteiger partial charge in [0.2, 0.25) is 0 Å². The summed E-state index contributed by atoms with van der Waals surface area (Å²) in [6.07, 6.45) is 1.76. The number of carbonyl (C=O) groups excluding carboxylic acids is 1. The molecule has 0 aliphatic rings. The molecule has 0 aliphatic heterocycles. The summed E-state index contributed by atoms with van der Waals surface area (Å²) in [4.78, 5) is 16.1. The van der Waals surface area contributed by atoms with E-state index in [1.807, 2.05) is 25.1 Å². The molecule has 1 aromatic heterocycles. The van der Waals surface area contributed by atoms with Gasteiger partial charge in [-0.15, -0.1) is 0 Å². The third-order valence-corrected chi connectivity index (χ3v) is 3.01. The normalized spacial score (nSPS) is 10.3. The van der Waals surface area contributed by atoms with Crippen LogP contribution < -0.4 is 5.73 Å². The fraction of sp³-hybridized carbons (Fsp3) is 0.143. The summed E-state index contributed by atoms with van der Waals surface area (Å²) in [5, 5.41) is 0.595. The van der Waals surface area contributed by atoms with Crippen LogP contribution in [0, 0.1) is 6.92 Å². The molecule has 0 aliphatic carbocycles. The van der Waals surface area contributed by atoms with Gasteiger partial charge in [0.1, 0.15) is 5.69 Å². The number of benzene rings is 1. The van der Waals surface area contributed by atoms with Crippen LogP contribution in [0.1, 0.15) is 21.6 Å². The minimum atomic E-state index is -0.126. The van der Waals surface area contributed by atoms with Crippen LogP contribution in [0.2, 0.25) is 5.02 Å². The van der Waals surface area contributed by atoms with Gasteiger partial charge in [0, 0.05) is 17.6 Å². The van der Waals surface area contributed by atoms with E-state index in [1.54, 1.807) is 18.3 Å². The molecule has 0 saturated carbocycles. The number of aromatic nitrogens is 1. The van der Waals surface area contributed by atoms with Gasteiger partial charge in [0.25, 0.3) is 0 Å². The molecule has 18 heavy (non-hydrogen) atoms. The number of hydrogen-bond donors (Lipinski definition) is 1. The third-order valence-electron chi connectivity index (χ3n) is 2.66. The molecular weight excluding hydrogens is 248 g/mol. The molecule has 92 valence electrons. The topological polar surface area (TPSA) is 56.0 Å². The zero-order valence-corrected chi connectivity index (χ0v) is 10.7. The Balaban J connectivity index is 2.24. The molecule has 1 heterocycles. The average Bonchev–Trinajstić information content (AvgIpc) is 2.33. The standard InChI is InChI=1S/C14H13ClN2O/c1-9-4-5-10(11(15)7-9)8-13(18)14-12(16)3-2-6-17-14/h2-7H,8,16H2,1H3. The molecule has 0 fully saturated rings. The van der Waals surface area contributed by atoms with E-state index in [9.17, 15) is 4.79 Å². The molecule has 4 heteroatoms. The zero-order chi connectivity index (χ0) is 13.1. The van der Waals surface area contributed by atoms with Crippen molar-refractivity contribution in [1.82, 2.24) is 4.98 Å². The van der Waals surface area contributed by atoms with Gasteiger partial charge in [-0.3, -0.25) is 9.78 Å². The number of nitrogens with zero attached hydrogens (tertiary/aromatic N) is 1. The molecule has 2 rings (SSSR count). The summed E-state index contributed by atoms with van der Waals surface area (Å²) in [5.41, 5.74) is 8.27. The van der Waals surface area contributed by atoms with Crippen LogP contribution in [0.4, 0.5) is 5.69 Å². The molecule has 0 radical (unpaired) electrons. The summed E-state index contributed by atoms with van der Waals surface area (Å²) in [5.74, 6) is -0.126. The Labute approximate surface area is 111 Å². The molecule has 0 atom stereocenters. The monoisotopic (exact) mass is 260 g/mol. The second kappa shape index (κ2) is 5.19. The maximum Gasteiger partial charge on any atom is 0.187 e. The number of nitrogens with two attached hydrogens (primary N) is 1. The molecule has 0 spiro atoms. The maximum atomic E-state index is 12.1. The number of hydrogen-bond acceptors (Lipinski definition) is 3. The first-order valence-corrected chi connectivity index (χ1v) is 5.94. The molecule has 0 saturated heterocycles. The van der Waals surface area contributed by atoms with Gasteiger partial charge in [-0.05, 0) is 36.2 Å². The van der Waals surface area contributed by atoms with E-state index < -0.39 is 0 Å². The highest BCUT2D eigenvalue weighted by atomic mass is 35.5. The molecule has 2 aromatic rings. The number of ketones is 1. The quantitative estimate of drug-likeness (QED) is 0.863. The molecular formula is C14H13ClN2O. The van der Waals surface area contributed by atoms with Crippen molar-refractivity contribution >= 4 is 23.1 Å². The van der Waals surface area contributed by atoms with Crippen LogP contribution in [0.3, 0.4) is 0 Å². The van der Waals surface area contributed by atoms with E-state index in [4.69, 9.17) is 17.3 Å². The van der Waals surface area contributed by atoms with Crippen LogP contribution in [-0.4, -0.2) is 10.8 Å². The SMILES string of the molecule is Cc1ccc(CC(=O)c2ncccc2N)c(Cl)c1. The third kappa shape index (κ3) is 2.68. The Hall–Kier alpha value is -1.87. The number of aryl methyl sites for hydroxylation is 1. The second-order valence-electron chi connectivity index (χ2n) is 4.14. The number of Topliss-reactive ketones (excluding diaryl/α,β-unsaturated/α-hetero) is 1. The van der Waals surface area contributed by atoms with Crippen molar-refractivity contribution in [1.29, 1.82) is 0 Å². The molecule has 1 aromatic carbocycles. The van der Waals surface area contributed by atoms with Gasteiger partial charge in [-0.25, -0.2) is 0 Å². The Kier molecular flexibility index (Phi) is 3.63. The number of carbonyl (C=O) groups is 1. The lowest BCUT2D eigenvalue weighted by atomic mass is 10.0. The number of pyridine rings is 1. The fourth-order valence-corrected chi connectivity index (χ4v) is 2.01. The lowest BCUT2D eigenvalue weighted by Crippen LogP contribution is -2.09. The molecule has 3 nitrogen and oxygen atoms in total. The van der Waals surface area contributed by atoms with Crippen LogP contribution in [-0.2, 0) is 6.42 Å². The van der Waals surface area contributed by atoms with Gasteiger partial charge < -0.3 is 5.73 Å². The fourth-order valence-electron chi connectivity index (χ4n) is 1.70. The Bertz CT molecular complexity index is 596. The van der Waals surface area contributed by atoms with Crippen molar-refractivity contribution in [2.45, 2.75) is 13.3 Å². The Morgan fingerprint density at radius 2 is 2.17 bits per heavy atom. The Morgan fingerprint density at radius 3 is 2.83 bits per heavy atom. The number of rotatable bonds is 3. The molecule has 0 bridgehead atoms. The van der Waals surface area contributed by atoms with Gasteiger partial charge in [-0.2, -0.15) is 0 Å². The lowest BCUT2D eigenvalue weighted by Gasteiger charge is -2.06. The number of anilines is 1. The van der Waals surface area contributed by atoms with Crippen LogP contribution in [0.5, 0.6) is 0 Å². The first-order chi connectivity index (χ1) is 8.58. The molecule has 0 amide bonds. The van der Waals surface area contributed by atoms with E-state index in [2.05, 4.69) is 4.98 Å². The minimum absolute atomic E-state index is 0.126. The van der Waals surface area contributed by atoms with Crippen molar-refractivity contribution in [3.05, 3.63) is 58.4 Å². The maximum absolute atomic E-state index is 12.1. The summed E-state index contributed by atoms with van der Waals surface area (Å²) >= 11 is 6.10. The first kappa shape index (κ1) is 12.6. The zero-order valence-electron chi connectivity index (χ0n) is 9.98. The Morgan fingerprint density at radius 1 is 1.39 bits per heavy atom. The van der Waals surface area contributed by atoms with Crippen molar-refractivity contribution < 1.29 is 4.79 Å². The summed E-state index contributed by atoms with van der Waals surface area (Å²) in [6, 6.07) is 8.98. The largest absolute Gasteiger partial charge is 0.397 e. The van der Waals surface area contributed by atoms with E-state index in [1.165, 1.54) is 0 Å². The molecule has 0 unspecified atom stereocenters. The van der Waals surface area contributed by atoms with E-state index in [-0.39, 0.29) is 12.2 Å². The van der Waals surface area contributed by atoms with Crippen molar-refractivity contribution in [3.63, 3.8) is 0 Å². The highest BCUT2D eigenvalue weighted by Gasteiger charge is 2.13. The minimum Gasteiger partial charge on any atom is -0.397 e. The van der Waals surface area contributed by atoms with Crippen molar-refractivity contribution in [3.8, 4) is 0 Å². The van der Waals surface area contributed by atoms with Gasteiger partial charge in [0.05, 0.1) is 5.69 Å². The van der Waals surface area contributed by atoms with Crippen LogP contribution >= 0.6 is 11.6 Å². The van der Waals surface area contributed by atoms with Gasteiger partial charge >= 0.3 is 0 Å². The smallest absolute Gasteiger partial charge is 0.187 e. The summed E-state index contributed by atoms with van der Waals surface area (Å²) in [7, 11) is 0. The van der Waals surface area contributed by atoms with E-state index >= 15 is 0 Å². The molecule has 2 N–H and O–H groups in total. The number of halogens is 1. The summed E-state index contributed by atoms with van der Waals surface area (Å²) in [6.45, 7) is 1.95. The van der Waals surface area contributed by atoms with E-state index in [0.717, 1.165) is 11.1 Å². The van der Waals surface area contributed by atoms with Gasteiger partial charge in [-0.1, -0.05) is 23.7 Å². The second-order valence-corrected chi connectivity index (χ2v) is 4.54. The van der Waals surface area contributed by atoms with Gasteiger partial charge in [0.15, 0.2) is 5.78 Å². The average molecular weight is 261 g/mol. The van der Waals surface area contributed by atoms with Crippen LogP contribution in [0.25, 0.3) is 0 Å². The van der Waals surface area contributed by atoms with Crippen LogP contribution in [0.15, 0.2) is 36.5 Å². The lowest BCUT2D eigenvalue weighted by molar-refractivity contribution is 0.0989. The first-order valence-electron chi connectivity index (χ1n) is 5.56. The highest BCUT2D eigenvalue weighted by molar-refractivity contribution is 6.31. The predicted octanol–water partition coefficient (Wildman–Crippen LogP) is 3.05.